The van der Waals surface area contributed by atoms with Crippen molar-refractivity contribution in [2.45, 2.75) is 135 Å². The van der Waals surface area contributed by atoms with E-state index in [1.807, 2.05) is 6.08 Å². The Morgan fingerprint density at radius 2 is 0.962 bits per heavy atom. The van der Waals surface area contributed by atoms with Crippen LogP contribution in [0.1, 0.15) is 129 Å². The molecule has 0 heterocycles. The summed E-state index contributed by atoms with van der Waals surface area (Å²) in [5.41, 5.74) is 5.62. The normalized spacial score (nSPS) is 12.9. The van der Waals surface area contributed by atoms with E-state index in [0.29, 0.717) is 0 Å². The van der Waals surface area contributed by atoms with Crippen LogP contribution in [-0.2, 0) is 0 Å². The molecular weight excluding hydrogens is 318 g/mol. The van der Waals surface area contributed by atoms with Crippen molar-refractivity contribution in [3.63, 3.8) is 0 Å². The van der Waals surface area contributed by atoms with Crippen LogP contribution in [0.25, 0.3) is 0 Å². The quantitative estimate of drug-likeness (QED) is 0.165. The molecule has 0 amide bonds. The molecule has 0 aromatic rings. The second-order valence-electron chi connectivity index (χ2n) is 8.07. The van der Waals surface area contributed by atoms with Gasteiger partial charge >= 0.3 is 0 Å². The van der Waals surface area contributed by atoms with E-state index < -0.39 is 0 Å². The SMILES string of the molecule is CCCCCCCCCCCCCCCCCCCC/C=C/C(N)CO. The van der Waals surface area contributed by atoms with Crippen molar-refractivity contribution in [2.75, 3.05) is 6.61 Å². The maximum absolute atomic E-state index is 8.82. The minimum absolute atomic E-state index is 0.0512. The molecule has 2 heteroatoms. The fraction of sp³-hybridized carbons (Fsp3) is 0.917. The van der Waals surface area contributed by atoms with Crippen LogP contribution in [0, 0.1) is 0 Å². The number of unbranched alkanes of at least 4 members (excludes halogenated alkanes) is 18. The summed E-state index contributed by atoms with van der Waals surface area (Å²) in [6.07, 6.45) is 30.7. The van der Waals surface area contributed by atoms with Crippen molar-refractivity contribution >= 4 is 0 Å². The van der Waals surface area contributed by atoms with Gasteiger partial charge in [-0.2, -0.15) is 0 Å². The first-order valence-electron chi connectivity index (χ1n) is 11.8. The molecule has 1 atom stereocenters. The standard InChI is InChI=1S/C24H49NO/c1-2-3-4-5-6-7-8-9-10-11-12-13-14-15-16-17-18-19-20-21-22-24(25)23-26/h21-22,24,26H,2-20,23,25H2,1H3/b22-21+. The summed E-state index contributed by atoms with van der Waals surface area (Å²) in [4.78, 5) is 0. The van der Waals surface area contributed by atoms with Crippen LogP contribution in [0.3, 0.4) is 0 Å². The number of aliphatic hydroxyl groups is 1. The van der Waals surface area contributed by atoms with Crippen molar-refractivity contribution in [1.82, 2.24) is 0 Å². The first-order valence-corrected chi connectivity index (χ1v) is 11.8. The topological polar surface area (TPSA) is 46.2 Å². The van der Waals surface area contributed by atoms with E-state index in [2.05, 4.69) is 13.0 Å². The Bertz CT molecular complexity index is 277. The molecule has 156 valence electrons. The molecule has 0 rings (SSSR count). The summed E-state index contributed by atoms with van der Waals surface area (Å²) in [5, 5.41) is 8.82. The van der Waals surface area contributed by atoms with Gasteiger partial charge in [-0.1, -0.05) is 128 Å². The van der Waals surface area contributed by atoms with E-state index in [1.54, 1.807) is 0 Å². The molecule has 2 nitrogen and oxygen atoms in total. The van der Waals surface area contributed by atoms with Gasteiger partial charge in [0.25, 0.3) is 0 Å². The van der Waals surface area contributed by atoms with Crippen molar-refractivity contribution in [2.24, 2.45) is 5.73 Å². The van der Waals surface area contributed by atoms with Crippen molar-refractivity contribution in [1.29, 1.82) is 0 Å². The Balaban J connectivity index is 3.04. The summed E-state index contributed by atoms with van der Waals surface area (Å²) in [6, 6.07) is -0.175. The number of hydrogen-bond donors (Lipinski definition) is 2. The fourth-order valence-corrected chi connectivity index (χ4v) is 3.50. The highest BCUT2D eigenvalue weighted by atomic mass is 16.3. The Kier molecular flexibility index (Phi) is 22.4. The second-order valence-corrected chi connectivity index (χ2v) is 8.07. The average Bonchev–Trinajstić information content (AvgIpc) is 2.66. The smallest absolute Gasteiger partial charge is 0.0618 e. The number of hydrogen-bond acceptors (Lipinski definition) is 2. The molecule has 0 bridgehead atoms. The van der Waals surface area contributed by atoms with E-state index in [9.17, 15) is 0 Å². The van der Waals surface area contributed by atoms with Crippen molar-refractivity contribution in [3.05, 3.63) is 12.2 Å². The molecule has 0 aliphatic carbocycles. The minimum Gasteiger partial charge on any atom is -0.394 e. The molecule has 0 aromatic carbocycles. The monoisotopic (exact) mass is 367 g/mol. The molecule has 0 aliphatic heterocycles. The van der Waals surface area contributed by atoms with Gasteiger partial charge in [0.2, 0.25) is 0 Å². The second kappa shape index (κ2) is 22.7. The average molecular weight is 368 g/mol. The molecule has 0 saturated carbocycles. The first-order chi connectivity index (χ1) is 12.8. The Hall–Kier alpha value is -0.340. The van der Waals surface area contributed by atoms with Crippen LogP contribution in [0.5, 0.6) is 0 Å². The Morgan fingerprint density at radius 1 is 0.615 bits per heavy atom. The summed E-state index contributed by atoms with van der Waals surface area (Å²) >= 11 is 0. The zero-order chi connectivity index (χ0) is 19.1. The third-order valence-corrected chi connectivity index (χ3v) is 5.32. The maximum atomic E-state index is 8.82. The fourth-order valence-electron chi connectivity index (χ4n) is 3.50. The van der Waals surface area contributed by atoms with E-state index in [-0.39, 0.29) is 12.6 Å². The van der Waals surface area contributed by atoms with Crippen LogP contribution in [0.15, 0.2) is 12.2 Å². The van der Waals surface area contributed by atoms with E-state index in [4.69, 9.17) is 10.8 Å². The third kappa shape index (κ3) is 21.7. The van der Waals surface area contributed by atoms with Crippen LogP contribution in [0.2, 0.25) is 0 Å². The summed E-state index contributed by atoms with van der Waals surface area (Å²) in [7, 11) is 0. The number of rotatable bonds is 21. The number of aliphatic hydroxyl groups excluding tert-OH is 1. The van der Waals surface area contributed by atoms with Gasteiger partial charge in [0.15, 0.2) is 0 Å². The lowest BCUT2D eigenvalue weighted by Gasteiger charge is -2.03. The maximum Gasteiger partial charge on any atom is 0.0618 e. The molecule has 0 aliphatic rings. The van der Waals surface area contributed by atoms with E-state index >= 15 is 0 Å². The Morgan fingerprint density at radius 3 is 1.31 bits per heavy atom. The van der Waals surface area contributed by atoms with Gasteiger partial charge in [0, 0.05) is 6.04 Å². The molecule has 1 unspecified atom stereocenters. The van der Waals surface area contributed by atoms with Gasteiger partial charge in [-0.15, -0.1) is 0 Å². The van der Waals surface area contributed by atoms with Gasteiger partial charge in [-0.25, -0.2) is 0 Å². The first kappa shape index (κ1) is 25.7. The largest absolute Gasteiger partial charge is 0.394 e. The van der Waals surface area contributed by atoms with Gasteiger partial charge in [0.05, 0.1) is 6.61 Å². The lowest BCUT2D eigenvalue weighted by Crippen LogP contribution is -2.20. The number of nitrogens with two attached hydrogens (primary N) is 1. The summed E-state index contributed by atoms with van der Waals surface area (Å²) < 4.78 is 0. The molecular formula is C24H49NO. The highest BCUT2D eigenvalue weighted by Crippen LogP contribution is 2.14. The highest BCUT2D eigenvalue weighted by molar-refractivity contribution is 4.90. The molecule has 0 fully saturated rings. The predicted octanol–water partition coefficient (Wildman–Crippen LogP) is 7.29. The van der Waals surface area contributed by atoms with Gasteiger partial charge in [-0.3, -0.25) is 0 Å². The highest BCUT2D eigenvalue weighted by Gasteiger charge is 1.95. The lowest BCUT2D eigenvalue weighted by molar-refractivity contribution is 0.284. The van der Waals surface area contributed by atoms with Crippen LogP contribution in [-0.4, -0.2) is 17.8 Å². The molecule has 0 aromatic heterocycles. The lowest BCUT2D eigenvalue weighted by atomic mass is 10.0. The van der Waals surface area contributed by atoms with Crippen molar-refractivity contribution < 1.29 is 5.11 Å². The van der Waals surface area contributed by atoms with Crippen LogP contribution < -0.4 is 5.73 Å². The molecule has 0 spiro atoms. The van der Waals surface area contributed by atoms with Crippen LogP contribution in [0.4, 0.5) is 0 Å². The van der Waals surface area contributed by atoms with Crippen LogP contribution >= 0.6 is 0 Å². The summed E-state index contributed by atoms with van der Waals surface area (Å²) in [5.74, 6) is 0. The van der Waals surface area contributed by atoms with Gasteiger partial charge in [-0.05, 0) is 12.8 Å². The molecule has 3 N–H and O–H groups in total. The van der Waals surface area contributed by atoms with Crippen molar-refractivity contribution in [3.8, 4) is 0 Å². The predicted molar refractivity (Wildman–Crippen MR) is 118 cm³/mol. The molecule has 0 saturated heterocycles. The van der Waals surface area contributed by atoms with E-state index in [1.165, 1.54) is 116 Å². The molecule has 0 radical (unpaired) electrons. The summed E-state index contributed by atoms with van der Waals surface area (Å²) in [6.45, 7) is 2.34. The van der Waals surface area contributed by atoms with Gasteiger partial charge < -0.3 is 10.8 Å². The minimum atomic E-state index is -0.175. The zero-order valence-electron chi connectivity index (χ0n) is 17.9. The zero-order valence-corrected chi connectivity index (χ0v) is 17.9. The van der Waals surface area contributed by atoms with E-state index in [0.717, 1.165) is 6.42 Å². The third-order valence-electron chi connectivity index (χ3n) is 5.32. The molecule has 26 heavy (non-hydrogen) atoms. The Labute approximate surface area is 165 Å². The number of allylic oxidation sites excluding steroid dienone is 1. The van der Waals surface area contributed by atoms with Gasteiger partial charge in [0.1, 0.15) is 0 Å².